The van der Waals surface area contributed by atoms with Crippen LogP contribution in [0.4, 0.5) is 10.6 Å². The van der Waals surface area contributed by atoms with Crippen molar-refractivity contribution in [2.24, 2.45) is 7.05 Å². The van der Waals surface area contributed by atoms with Gasteiger partial charge >= 0.3 is 6.03 Å². The number of halogens is 1. The van der Waals surface area contributed by atoms with Gasteiger partial charge in [-0.25, -0.2) is 9.78 Å². The van der Waals surface area contributed by atoms with E-state index in [2.05, 4.69) is 11.6 Å². The molecule has 3 rings (SSSR count). The number of benzene rings is 1. The van der Waals surface area contributed by atoms with Gasteiger partial charge < -0.3 is 4.57 Å². The Bertz CT molecular complexity index is 864. The van der Waals surface area contributed by atoms with Crippen molar-refractivity contribution in [1.82, 2.24) is 14.5 Å². The second kappa shape index (κ2) is 5.45. The van der Waals surface area contributed by atoms with Gasteiger partial charge in [-0.3, -0.25) is 9.80 Å². The van der Waals surface area contributed by atoms with Crippen molar-refractivity contribution in [3.8, 4) is 6.07 Å². The fourth-order valence-corrected chi connectivity index (χ4v) is 2.77. The third-order valence-electron chi connectivity index (χ3n) is 3.84. The third kappa shape index (κ3) is 2.35. The molecule has 116 valence electrons. The molecule has 0 fully saturated rings. The summed E-state index contributed by atoms with van der Waals surface area (Å²) in [7, 11) is 3.53. The molecule has 0 spiro atoms. The van der Waals surface area contributed by atoms with Crippen molar-refractivity contribution in [1.29, 1.82) is 5.26 Å². The summed E-state index contributed by atoms with van der Waals surface area (Å²) >= 11 is 5.95. The zero-order valence-electron chi connectivity index (χ0n) is 12.7. The zero-order valence-corrected chi connectivity index (χ0v) is 13.5. The number of aromatic nitrogens is 2. The Balaban J connectivity index is 1.98. The van der Waals surface area contributed by atoms with Crippen LogP contribution in [-0.2, 0) is 13.6 Å². The molecule has 6 nitrogen and oxygen atoms in total. The minimum absolute atomic E-state index is 0.213. The van der Waals surface area contributed by atoms with Crippen molar-refractivity contribution in [2.45, 2.75) is 6.54 Å². The van der Waals surface area contributed by atoms with Crippen LogP contribution in [-0.4, -0.2) is 27.5 Å². The average molecular weight is 328 g/mol. The molecule has 0 N–H and O–H groups in total. The normalized spacial score (nSPS) is 14.0. The summed E-state index contributed by atoms with van der Waals surface area (Å²) in [6, 6.07) is 6.96. The van der Waals surface area contributed by atoms with E-state index in [-0.39, 0.29) is 6.03 Å². The Morgan fingerprint density at radius 3 is 2.83 bits per heavy atom. The SMILES string of the molecule is C=C1c2c(ncn2C)N(C)C(=O)N1Cc1ccc(Cl)c(C#N)c1. The topological polar surface area (TPSA) is 65.2 Å². The van der Waals surface area contributed by atoms with Crippen molar-refractivity contribution >= 4 is 29.1 Å². The molecule has 1 aliphatic rings. The van der Waals surface area contributed by atoms with Gasteiger partial charge in [-0.1, -0.05) is 24.2 Å². The van der Waals surface area contributed by atoms with Gasteiger partial charge in [0, 0.05) is 14.1 Å². The maximum absolute atomic E-state index is 12.6. The largest absolute Gasteiger partial charge is 0.331 e. The van der Waals surface area contributed by atoms with E-state index in [1.54, 1.807) is 36.5 Å². The highest BCUT2D eigenvalue weighted by Gasteiger charge is 2.34. The number of anilines is 1. The van der Waals surface area contributed by atoms with Crippen LogP contribution in [0.3, 0.4) is 0 Å². The number of amides is 2. The molecule has 1 aromatic carbocycles. The number of urea groups is 1. The molecule has 0 atom stereocenters. The van der Waals surface area contributed by atoms with Crippen molar-refractivity contribution < 1.29 is 4.79 Å². The van der Waals surface area contributed by atoms with Gasteiger partial charge in [0.2, 0.25) is 0 Å². The fourth-order valence-electron chi connectivity index (χ4n) is 2.61. The first-order valence-corrected chi connectivity index (χ1v) is 7.26. The van der Waals surface area contributed by atoms with Gasteiger partial charge in [-0.15, -0.1) is 0 Å². The lowest BCUT2D eigenvalue weighted by Crippen LogP contribution is -2.44. The number of carbonyl (C=O) groups excluding carboxylic acids is 1. The Hall–Kier alpha value is -2.78. The summed E-state index contributed by atoms with van der Waals surface area (Å²) in [5.41, 5.74) is 2.56. The van der Waals surface area contributed by atoms with E-state index in [4.69, 9.17) is 16.9 Å². The predicted molar refractivity (Wildman–Crippen MR) is 87.8 cm³/mol. The monoisotopic (exact) mass is 327 g/mol. The maximum atomic E-state index is 12.6. The molecular weight excluding hydrogens is 314 g/mol. The second-order valence-corrected chi connectivity index (χ2v) is 5.74. The summed E-state index contributed by atoms with van der Waals surface area (Å²) in [5, 5.41) is 9.48. The zero-order chi connectivity index (χ0) is 16.7. The fraction of sp³-hybridized carbons (Fsp3) is 0.188. The third-order valence-corrected chi connectivity index (χ3v) is 4.17. The number of rotatable bonds is 2. The molecule has 1 aliphatic heterocycles. The van der Waals surface area contributed by atoms with Gasteiger partial charge in [-0.05, 0) is 17.7 Å². The average Bonchev–Trinajstić information content (AvgIpc) is 2.93. The van der Waals surface area contributed by atoms with Gasteiger partial charge in [-0.2, -0.15) is 5.26 Å². The molecule has 7 heteroatoms. The maximum Gasteiger partial charge on any atom is 0.330 e. The van der Waals surface area contributed by atoms with Gasteiger partial charge in [0.15, 0.2) is 5.82 Å². The van der Waals surface area contributed by atoms with E-state index in [9.17, 15) is 4.79 Å². The highest BCUT2D eigenvalue weighted by molar-refractivity contribution is 6.31. The molecule has 0 bridgehead atoms. The van der Waals surface area contributed by atoms with Crippen LogP contribution >= 0.6 is 11.6 Å². The molecule has 2 heterocycles. The summed E-state index contributed by atoms with van der Waals surface area (Å²) < 4.78 is 1.83. The van der Waals surface area contributed by atoms with Crippen molar-refractivity contribution in [3.05, 3.63) is 52.9 Å². The van der Waals surface area contributed by atoms with Crippen LogP contribution < -0.4 is 4.90 Å². The van der Waals surface area contributed by atoms with Crippen LogP contribution in [0, 0.1) is 11.3 Å². The van der Waals surface area contributed by atoms with Crippen molar-refractivity contribution in [3.63, 3.8) is 0 Å². The van der Waals surface area contributed by atoms with Crippen LogP contribution in [0.1, 0.15) is 16.8 Å². The Morgan fingerprint density at radius 2 is 2.13 bits per heavy atom. The van der Waals surface area contributed by atoms with E-state index >= 15 is 0 Å². The van der Waals surface area contributed by atoms with Gasteiger partial charge in [0.25, 0.3) is 0 Å². The molecule has 0 aliphatic carbocycles. The highest BCUT2D eigenvalue weighted by Crippen LogP contribution is 2.34. The standard InChI is InChI=1S/C16H14ClN5O/c1-10-14-15(19-9-20(14)2)21(3)16(23)22(10)8-11-4-5-13(17)12(6-11)7-18/h4-6,9H,1,8H2,2-3H3. The first kappa shape index (κ1) is 15.1. The molecule has 0 saturated heterocycles. The van der Waals surface area contributed by atoms with Crippen LogP contribution in [0.5, 0.6) is 0 Å². The van der Waals surface area contributed by atoms with E-state index in [1.165, 1.54) is 4.90 Å². The number of fused-ring (bicyclic) bond motifs is 1. The van der Waals surface area contributed by atoms with E-state index in [0.29, 0.717) is 28.6 Å². The lowest BCUT2D eigenvalue weighted by molar-refractivity contribution is 0.222. The summed E-state index contributed by atoms with van der Waals surface area (Å²) in [4.78, 5) is 19.9. The summed E-state index contributed by atoms with van der Waals surface area (Å²) in [6.07, 6.45) is 1.65. The molecular formula is C16H14ClN5O. The lowest BCUT2D eigenvalue weighted by atomic mass is 10.1. The lowest BCUT2D eigenvalue weighted by Gasteiger charge is -2.34. The Labute approximate surface area is 138 Å². The minimum Gasteiger partial charge on any atom is -0.331 e. The molecule has 0 unspecified atom stereocenters. The highest BCUT2D eigenvalue weighted by atomic mass is 35.5. The first-order valence-electron chi connectivity index (χ1n) is 6.88. The first-order chi connectivity index (χ1) is 10.9. The number of hydrogen-bond acceptors (Lipinski definition) is 3. The number of carbonyl (C=O) groups is 1. The van der Waals surface area contributed by atoms with Crippen LogP contribution in [0.15, 0.2) is 31.1 Å². The van der Waals surface area contributed by atoms with Crippen LogP contribution in [0.25, 0.3) is 5.70 Å². The predicted octanol–water partition coefficient (Wildman–Crippen LogP) is 2.99. The molecule has 2 amide bonds. The Morgan fingerprint density at radius 1 is 1.39 bits per heavy atom. The van der Waals surface area contributed by atoms with Crippen LogP contribution in [0.2, 0.25) is 5.02 Å². The minimum atomic E-state index is -0.213. The quantitative estimate of drug-likeness (QED) is 0.851. The summed E-state index contributed by atoms with van der Waals surface area (Å²) in [5.74, 6) is 0.590. The number of nitrogens with zero attached hydrogens (tertiary/aromatic N) is 5. The number of aryl methyl sites for hydroxylation is 1. The van der Waals surface area contributed by atoms with E-state index in [0.717, 1.165) is 11.3 Å². The molecule has 23 heavy (non-hydrogen) atoms. The molecule has 0 saturated carbocycles. The van der Waals surface area contributed by atoms with Gasteiger partial charge in [0.05, 0.1) is 29.2 Å². The number of nitriles is 1. The Kier molecular flexibility index (Phi) is 3.58. The van der Waals surface area contributed by atoms with Gasteiger partial charge in [0.1, 0.15) is 11.8 Å². The smallest absolute Gasteiger partial charge is 0.330 e. The number of hydrogen-bond donors (Lipinski definition) is 0. The number of imidazole rings is 1. The second-order valence-electron chi connectivity index (χ2n) is 5.33. The van der Waals surface area contributed by atoms with E-state index < -0.39 is 0 Å². The van der Waals surface area contributed by atoms with E-state index in [1.807, 2.05) is 17.7 Å². The molecule has 2 aromatic rings. The van der Waals surface area contributed by atoms with Crippen molar-refractivity contribution in [2.75, 3.05) is 11.9 Å². The molecule has 0 radical (unpaired) electrons. The summed E-state index contributed by atoms with van der Waals surface area (Å²) in [6.45, 7) is 4.34. The molecule has 1 aromatic heterocycles.